The van der Waals surface area contributed by atoms with Crippen LogP contribution in [0.1, 0.15) is 24.3 Å². The highest BCUT2D eigenvalue weighted by Crippen LogP contribution is 2.26. The molecule has 0 amide bonds. The molecule has 1 aliphatic heterocycles. The Balaban J connectivity index is 2.04. The molecule has 1 aromatic rings. The van der Waals surface area contributed by atoms with Gasteiger partial charge in [0.15, 0.2) is 0 Å². The van der Waals surface area contributed by atoms with Crippen molar-refractivity contribution >= 4 is 0 Å². The van der Waals surface area contributed by atoms with Gasteiger partial charge in [0, 0.05) is 18.4 Å². The summed E-state index contributed by atoms with van der Waals surface area (Å²) in [4.78, 5) is 4.01. The van der Waals surface area contributed by atoms with E-state index in [0.29, 0.717) is 5.92 Å². The van der Waals surface area contributed by atoms with Crippen molar-refractivity contribution in [2.45, 2.75) is 24.8 Å². The molecule has 14 heavy (non-hydrogen) atoms. The number of hydrogen-bond acceptors (Lipinski definition) is 3. The largest absolute Gasteiger partial charge is 0.395 e. The summed E-state index contributed by atoms with van der Waals surface area (Å²) in [6, 6.07) is 4.41. The van der Waals surface area contributed by atoms with Crippen molar-refractivity contribution in [1.29, 1.82) is 0 Å². The molecule has 2 unspecified atom stereocenters. The number of aromatic nitrogens is 1. The van der Waals surface area contributed by atoms with Gasteiger partial charge in [-0.2, -0.15) is 0 Å². The average molecular weight is 192 g/mol. The first-order valence-electron chi connectivity index (χ1n) is 5.14. The minimum atomic E-state index is 0.238. The van der Waals surface area contributed by atoms with E-state index < -0.39 is 0 Å². The average Bonchev–Trinajstić information content (AvgIpc) is 2.30. The fraction of sp³-hybridized carbons (Fsp3) is 0.545. The molecule has 2 N–H and O–H groups in total. The molecule has 1 aromatic heterocycles. The number of rotatable bonds is 2. The highest BCUT2D eigenvalue weighted by molar-refractivity contribution is 5.16. The summed E-state index contributed by atoms with van der Waals surface area (Å²) < 4.78 is 0. The molecule has 3 nitrogen and oxygen atoms in total. The summed E-state index contributed by atoms with van der Waals surface area (Å²) in [5, 5.41) is 12.4. The van der Waals surface area contributed by atoms with E-state index in [9.17, 15) is 0 Å². The normalized spacial score (nSPS) is 27.5. The van der Waals surface area contributed by atoms with Crippen molar-refractivity contribution in [1.82, 2.24) is 10.3 Å². The molecule has 0 spiro atoms. The first kappa shape index (κ1) is 9.62. The van der Waals surface area contributed by atoms with Gasteiger partial charge in [-0.25, -0.2) is 0 Å². The van der Waals surface area contributed by atoms with E-state index in [2.05, 4.69) is 22.4 Å². The number of pyridine rings is 1. The highest BCUT2D eigenvalue weighted by Gasteiger charge is 2.21. The molecule has 2 heterocycles. The SMILES string of the molecule is OCC1CC(c2ccncc2)CCN1. The second kappa shape index (κ2) is 4.53. The van der Waals surface area contributed by atoms with Gasteiger partial charge >= 0.3 is 0 Å². The molecule has 2 atom stereocenters. The third-order valence-corrected chi connectivity index (χ3v) is 2.89. The summed E-state index contributed by atoms with van der Waals surface area (Å²) >= 11 is 0. The van der Waals surface area contributed by atoms with E-state index in [1.807, 2.05) is 12.4 Å². The van der Waals surface area contributed by atoms with Crippen molar-refractivity contribution in [2.75, 3.05) is 13.2 Å². The van der Waals surface area contributed by atoms with Crippen molar-refractivity contribution < 1.29 is 5.11 Å². The maximum atomic E-state index is 9.08. The molecule has 2 rings (SSSR count). The lowest BCUT2D eigenvalue weighted by molar-refractivity contribution is 0.210. The maximum Gasteiger partial charge on any atom is 0.0584 e. The Morgan fingerprint density at radius 2 is 2.21 bits per heavy atom. The Bertz CT molecular complexity index is 276. The summed E-state index contributed by atoms with van der Waals surface area (Å²) in [6.07, 6.45) is 5.86. The van der Waals surface area contributed by atoms with E-state index in [1.54, 1.807) is 0 Å². The Labute approximate surface area is 84.2 Å². The van der Waals surface area contributed by atoms with Crippen LogP contribution in [0.25, 0.3) is 0 Å². The van der Waals surface area contributed by atoms with Gasteiger partial charge in [-0.05, 0) is 43.0 Å². The quantitative estimate of drug-likeness (QED) is 0.732. The van der Waals surface area contributed by atoms with Crippen molar-refractivity contribution in [3.8, 4) is 0 Å². The number of nitrogens with zero attached hydrogens (tertiary/aromatic N) is 1. The van der Waals surface area contributed by atoms with Gasteiger partial charge in [0.1, 0.15) is 0 Å². The van der Waals surface area contributed by atoms with Crippen LogP contribution in [0, 0.1) is 0 Å². The topological polar surface area (TPSA) is 45.2 Å². The van der Waals surface area contributed by atoms with Crippen LogP contribution in [-0.4, -0.2) is 29.3 Å². The smallest absolute Gasteiger partial charge is 0.0584 e. The predicted molar refractivity (Wildman–Crippen MR) is 55.1 cm³/mol. The van der Waals surface area contributed by atoms with E-state index in [4.69, 9.17) is 5.11 Å². The van der Waals surface area contributed by atoms with Crippen LogP contribution in [0.4, 0.5) is 0 Å². The summed E-state index contributed by atoms with van der Waals surface area (Å²) in [5.41, 5.74) is 1.35. The number of nitrogens with one attached hydrogen (secondary N) is 1. The molecule has 3 heteroatoms. The molecule has 76 valence electrons. The summed E-state index contributed by atoms with van der Waals surface area (Å²) in [5.74, 6) is 0.580. The number of hydrogen-bond donors (Lipinski definition) is 2. The Morgan fingerprint density at radius 3 is 2.93 bits per heavy atom. The Morgan fingerprint density at radius 1 is 1.43 bits per heavy atom. The van der Waals surface area contributed by atoms with Crippen LogP contribution in [0.5, 0.6) is 0 Å². The standard InChI is InChI=1S/C11H16N2O/c14-8-11-7-10(3-6-13-11)9-1-4-12-5-2-9/h1-2,4-5,10-11,13-14H,3,6-8H2. The molecule has 0 bridgehead atoms. The fourth-order valence-electron chi connectivity index (χ4n) is 2.08. The third kappa shape index (κ3) is 2.11. The molecule has 0 aliphatic carbocycles. The Hall–Kier alpha value is -0.930. The lowest BCUT2D eigenvalue weighted by Crippen LogP contribution is -2.39. The van der Waals surface area contributed by atoms with Gasteiger partial charge in [-0.3, -0.25) is 4.98 Å². The van der Waals surface area contributed by atoms with Crippen molar-refractivity contribution in [3.63, 3.8) is 0 Å². The van der Waals surface area contributed by atoms with Gasteiger partial charge in [-0.15, -0.1) is 0 Å². The molecular formula is C11H16N2O. The number of piperidine rings is 1. The second-order valence-electron chi connectivity index (χ2n) is 3.84. The molecule has 0 saturated carbocycles. The second-order valence-corrected chi connectivity index (χ2v) is 3.84. The molecule has 1 saturated heterocycles. The van der Waals surface area contributed by atoms with E-state index in [-0.39, 0.29) is 12.6 Å². The number of aliphatic hydroxyl groups is 1. The van der Waals surface area contributed by atoms with Crippen LogP contribution in [0.3, 0.4) is 0 Å². The zero-order valence-corrected chi connectivity index (χ0v) is 8.19. The van der Waals surface area contributed by atoms with Gasteiger partial charge in [0.25, 0.3) is 0 Å². The lowest BCUT2D eigenvalue weighted by atomic mass is 9.87. The minimum absolute atomic E-state index is 0.238. The van der Waals surface area contributed by atoms with Gasteiger partial charge in [-0.1, -0.05) is 0 Å². The predicted octanol–water partition coefficient (Wildman–Crippen LogP) is 0.909. The van der Waals surface area contributed by atoms with Crippen LogP contribution in [0.2, 0.25) is 0 Å². The first-order chi connectivity index (χ1) is 6.90. The first-order valence-corrected chi connectivity index (χ1v) is 5.14. The lowest BCUT2D eigenvalue weighted by Gasteiger charge is -2.29. The van der Waals surface area contributed by atoms with Gasteiger partial charge in [0.05, 0.1) is 6.61 Å². The van der Waals surface area contributed by atoms with E-state index in [0.717, 1.165) is 19.4 Å². The molecule has 0 radical (unpaired) electrons. The van der Waals surface area contributed by atoms with Gasteiger partial charge in [0.2, 0.25) is 0 Å². The van der Waals surface area contributed by atoms with Crippen molar-refractivity contribution in [2.24, 2.45) is 0 Å². The molecule has 1 fully saturated rings. The molecule has 1 aliphatic rings. The summed E-state index contributed by atoms with van der Waals surface area (Å²) in [6.45, 7) is 1.24. The highest BCUT2D eigenvalue weighted by atomic mass is 16.3. The Kier molecular flexibility index (Phi) is 3.11. The van der Waals surface area contributed by atoms with Crippen LogP contribution in [0.15, 0.2) is 24.5 Å². The van der Waals surface area contributed by atoms with E-state index >= 15 is 0 Å². The summed E-state index contributed by atoms with van der Waals surface area (Å²) in [7, 11) is 0. The molecular weight excluding hydrogens is 176 g/mol. The third-order valence-electron chi connectivity index (χ3n) is 2.89. The van der Waals surface area contributed by atoms with Crippen molar-refractivity contribution in [3.05, 3.63) is 30.1 Å². The van der Waals surface area contributed by atoms with Gasteiger partial charge < -0.3 is 10.4 Å². The molecule has 0 aromatic carbocycles. The van der Waals surface area contributed by atoms with Crippen LogP contribution in [-0.2, 0) is 0 Å². The fourth-order valence-corrected chi connectivity index (χ4v) is 2.08. The zero-order valence-electron chi connectivity index (χ0n) is 8.19. The van der Waals surface area contributed by atoms with Crippen LogP contribution < -0.4 is 5.32 Å². The monoisotopic (exact) mass is 192 g/mol. The zero-order chi connectivity index (χ0) is 9.80. The maximum absolute atomic E-state index is 9.08. The number of aliphatic hydroxyl groups excluding tert-OH is 1. The van der Waals surface area contributed by atoms with Crippen LogP contribution >= 0.6 is 0 Å². The minimum Gasteiger partial charge on any atom is -0.395 e. The van der Waals surface area contributed by atoms with E-state index in [1.165, 1.54) is 5.56 Å².